The fraction of sp³-hybridized carbons (Fsp3) is 0.467. The van der Waals surface area contributed by atoms with Gasteiger partial charge < -0.3 is 20.7 Å². The SMILES string of the molecule is CC(C)OC(=O)N[C@H]1CC[C@H](c2ncc(-c3ccc(NC(=O)NCc4cccnc4)cc3S(=O)(=O)NC(C)(C)C)s2)CC1. The molecule has 4 N–H and O–H groups in total. The van der Waals surface area contributed by atoms with Gasteiger partial charge in [0.2, 0.25) is 10.0 Å². The minimum absolute atomic E-state index is 0.0549. The van der Waals surface area contributed by atoms with E-state index in [1.165, 1.54) is 17.4 Å². The molecule has 0 atom stereocenters. The van der Waals surface area contributed by atoms with Crippen molar-refractivity contribution in [2.75, 3.05) is 5.32 Å². The van der Waals surface area contributed by atoms with Gasteiger partial charge in [0.05, 0.1) is 20.9 Å². The number of amides is 3. The van der Waals surface area contributed by atoms with Crippen molar-refractivity contribution < 1.29 is 22.7 Å². The van der Waals surface area contributed by atoms with Crippen LogP contribution in [0.1, 0.15) is 76.8 Å². The van der Waals surface area contributed by atoms with Crippen molar-refractivity contribution in [3.8, 4) is 10.4 Å². The van der Waals surface area contributed by atoms with Gasteiger partial charge in [0, 0.05) is 53.9 Å². The Bertz CT molecular complexity index is 1510. The molecule has 0 aliphatic heterocycles. The number of benzene rings is 1. The van der Waals surface area contributed by atoms with Crippen LogP contribution in [0.3, 0.4) is 0 Å². The Kier molecular flexibility index (Phi) is 10.4. The van der Waals surface area contributed by atoms with Crippen LogP contribution in [0, 0.1) is 0 Å². The summed E-state index contributed by atoms with van der Waals surface area (Å²) in [6.45, 7) is 9.24. The standard InChI is InChI=1S/C30H40N6O5S2/c1-19(2)41-29(38)35-22-10-8-21(9-11-22)27-32-18-25(42-27)24-13-12-23(15-26(24)43(39,40)36-30(3,4)5)34-28(37)33-17-20-7-6-14-31-16-20/h6-7,12-16,18-19,21-22,36H,8-11,17H2,1-5H3,(H,35,38)(H2,33,34,37)/t21-,22-. The van der Waals surface area contributed by atoms with E-state index in [9.17, 15) is 18.0 Å². The zero-order valence-corrected chi connectivity index (χ0v) is 26.8. The van der Waals surface area contributed by atoms with Crippen LogP contribution < -0.4 is 20.7 Å². The quantitative estimate of drug-likeness (QED) is 0.235. The molecule has 4 rings (SSSR count). The average Bonchev–Trinajstić information content (AvgIpc) is 3.41. The molecule has 0 spiro atoms. The monoisotopic (exact) mass is 628 g/mol. The van der Waals surface area contributed by atoms with Gasteiger partial charge in [0.1, 0.15) is 0 Å². The number of hydrogen-bond donors (Lipinski definition) is 4. The number of urea groups is 1. The third-order valence-electron chi connectivity index (χ3n) is 6.68. The molecular weight excluding hydrogens is 589 g/mol. The molecule has 3 aromatic rings. The van der Waals surface area contributed by atoms with Gasteiger partial charge in [-0.15, -0.1) is 11.3 Å². The van der Waals surface area contributed by atoms with Gasteiger partial charge in [-0.25, -0.2) is 27.7 Å². The normalized spacial score (nSPS) is 17.3. The van der Waals surface area contributed by atoms with E-state index >= 15 is 0 Å². The molecular formula is C30H40N6O5S2. The number of nitrogens with zero attached hydrogens (tertiary/aromatic N) is 2. The number of aromatic nitrogens is 2. The van der Waals surface area contributed by atoms with E-state index in [1.54, 1.807) is 57.6 Å². The third-order valence-corrected chi connectivity index (χ3v) is 9.67. The smallest absolute Gasteiger partial charge is 0.407 e. The first-order chi connectivity index (χ1) is 20.3. The molecule has 1 fully saturated rings. The maximum atomic E-state index is 13.6. The molecule has 0 radical (unpaired) electrons. The van der Waals surface area contributed by atoms with E-state index in [-0.39, 0.29) is 29.5 Å². The van der Waals surface area contributed by atoms with Crippen LogP contribution in [0.25, 0.3) is 10.4 Å². The maximum absolute atomic E-state index is 13.6. The van der Waals surface area contributed by atoms with Crippen molar-refractivity contribution in [3.05, 3.63) is 59.5 Å². The van der Waals surface area contributed by atoms with Crippen LogP contribution in [-0.4, -0.2) is 48.2 Å². The van der Waals surface area contributed by atoms with Gasteiger partial charge >= 0.3 is 12.1 Å². The minimum Gasteiger partial charge on any atom is -0.447 e. The lowest BCUT2D eigenvalue weighted by molar-refractivity contribution is 0.109. The summed E-state index contributed by atoms with van der Waals surface area (Å²) in [7, 11) is -3.96. The maximum Gasteiger partial charge on any atom is 0.407 e. The molecule has 0 saturated heterocycles. The lowest BCUT2D eigenvalue weighted by Gasteiger charge is -2.28. The topological polar surface area (TPSA) is 151 Å². The van der Waals surface area contributed by atoms with Gasteiger partial charge in [0.15, 0.2) is 0 Å². The summed E-state index contributed by atoms with van der Waals surface area (Å²) in [6, 6.07) is 8.08. The summed E-state index contributed by atoms with van der Waals surface area (Å²) < 4.78 is 35.1. The van der Waals surface area contributed by atoms with E-state index in [4.69, 9.17) is 4.74 Å². The van der Waals surface area contributed by atoms with Crippen molar-refractivity contribution in [2.24, 2.45) is 0 Å². The van der Waals surface area contributed by atoms with Crippen LogP contribution >= 0.6 is 11.3 Å². The second-order valence-electron chi connectivity index (χ2n) is 11.9. The average molecular weight is 629 g/mol. The molecule has 43 heavy (non-hydrogen) atoms. The number of pyridine rings is 1. The van der Waals surface area contributed by atoms with Crippen molar-refractivity contribution in [2.45, 2.75) is 95.3 Å². The number of ether oxygens (including phenoxy) is 1. The number of hydrogen-bond acceptors (Lipinski definition) is 8. The fourth-order valence-corrected chi connectivity index (χ4v) is 7.70. The van der Waals surface area contributed by atoms with Gasteiger partial charge in [-0.1, -0.05) is 12.1 Å². The van der Waals surface area contributed by atoms with Crippen LogP contribution in [0.15, 0.2) is 53.8 Å². The molecule has 1 saturated carbocycles. The summed E-state index contributed by atoms with van der Waals surface area (Å²) in [5.74, 6) is 0.218. The first kappa shape index (κ1) is 32.4. The van der Waals surface area contributed by atoms with E-state index in [1.807, 2.05) is 19.9 Å². The highest BCUT2D eigenvalue weighted by Crippen LogP contribution is 2.40. The molecule has 1 aliphatic carbocycles. The molecule has 0 unspecified atom stereocenters. The highest BCUT2D eigenvalue weighted by Gasteiger charge is 2.29. The largest absolute Gasteiger partial charge is 0.447 e. The number of thiazole rings is 1. The van der Waals surface area contributed by atoms with Crippen molar-refractivity contribution in [1.29, 1.82) is 0 Å². The highest BCUT2D eigenvalue weighted by atomic mass is 32.2. The lowest BCUT2D eigenvalue weighted by atomic mass is 9.86. The first-order valence-corrected chi connectivity index (χ1v) is 16.6. The number of anilines is 1. The summed E-state index contributed by atoms with van der Waals surface area (Å²) in [4.78, 5) is 34.1. The summed E-state index contributed by atoms with van der Waals surface area (Å²) in [5, 5.41) is 9.37. The first-order valence-electron chi connectivity index (χ1n) is 14.3. The summed E-state index contributed by atoms with van der Waals surface area (Å²) in [5.41, 5.74) is 0.972. The molecule has 0 bridgehead atoms. The molecule has 2 heterocycles. The summed E-state index contributed by atoms with van der Waals surface area (Å²) >= 11 is 1.47. The second-order valence-corrected chi connectivity index (χ2v) is 14.7. The Labute approximate surface area is 257 Å². The van der Waals surface area contributed by atoms with Gasteiger partial charge in [-0.3, -0.25) is 4.98 Å². The minimum atomic E-state index is -3.96. The number of alkyl carbamates (subject to hydrolysis) is 1. The Morgan fingerprint density at radius 3 is 2.49 bits per heavy atom. The Hall–Kier alpha value is -3.55. The Morgan fingerprint density at radius 1 is 1.09 bits per heavy atom. The predicted octanol–water partition coefficient (Wildman–Crippen LogP) is 5.76. The molecule has 1 aromatic carbocycles. The Balaban J connectivity index is 1.50. The molecule has 1 aliphatic rings. The zero-order valence-electron chi connectivity index (χ0n) is 25.1. The van der Waals surface area contributed by atoms with E-state index < -0.39 is 27.7 Å². The second kappa shape index (κ2) is 13.8. The number of nitrogens with one attached hydrogen (secondary N) is 4. The molecule has 2 aromatic heterocycles. The summed E-state index contributed by atoms with van der Waals surface area (Å²) in [6.07, 6.45) is 7.80. The fourth-order valence-electron chi connectivity index (χ4n) is 4.84. The number of rotatable bonds is 9. The molecule has 11 nitrogen and oxygen atoms in total. The number of carbonyl (C=O) groups excluding carboxylic acids is 2. The van der Waals surface area contributed by atoms with Crippen LogP contribution in [-0.2, 0) is 21.3 Å². The van der Waals surface area contributed by atoms with Crippen molar-refractivity contribution in [3.63, 3.8) is 0 Å². The lowest BCUT2D eigenvalue weighted by Crippen LogP contribution is -2.40. The highest BCUT2D eigenvalue weighted by molar-refractivity contribution is 7.89. The van der Waals surface area contributed by atoms with Gasteiger partial charge in [-0.2, -0.15) is 0 Å². The molecule has 3 amide bonds. The van der Waals surface area contributed by atoms with Crippen LogP contribution in [0.4, 0.5) is 15.3 Å². The van der Waals surface area contributed by atoms with Gasteiger partial charge in [-0.05, 0) is 84.1 Å². The number of carbonyl (C=O) groups is 2. The van der Waals surface area contributed by atoms with Crippen LogP contribution in [0.5, 0.6) is 0 Å². The van der Waals surface area contributed by atoms with Crippen molar-refractivity contribution >= 4 is 39.2 Å². The van der Waals surface area contributed by atoms with Crippen molar-refractivity contribution in [1.82, 2.24) is 25.3 Å². The van der Waals surface area contributed by atoms with E-state index in [0.29, 0.717) is 11.3 Å². The van der Waals surface area contributed by atoms with Crippen LogP contribution in [0.2, 0.25) is 0 Å². The van der Waals surface area contributed by atoms with Gasteiger partial charge in [0.25, 0.3) is 0 Å². The predicted molar refractivity (Wildman–Crippen MR) is 167 cm³/mol. The Morgan fingerprint density at radius 2 is 1.84 bits per heavy atom. The number of sulfonamides is 1. The molecule has 232 valence electrons. The third kappa shape index (κ3) is 9.47. The zero-order chi connectivity index (χ0) is 31.2. The van der Waals surface area contributed by atoms with E-state index in [0.717, 1.165) is 41.1 Å². The molecule has 13 heteroatoms. The van der Waals surface area contributed by atoms with E-state index in [2.05, 4.69) is 30.6 Å².